The molecule has 2 heterocycles. The van der Waals surface area contributed by atoms with Crippen molar-refractivity contribution in [1.82, 2.24) is 9.78 Å². The summed E-state index contributed by atoms with van der Waals surface area (Å²) in [7, 11) is 1.66. The van der Waals surface area contributed by atoms with Crippen LogP contribution in [0.5, 0.6) is 5.75 Å². The molecular weight excluding hydrogens is 386 g/mol. The smallest absolute Gasteiger partial charge is 0.163 e. The summed E-state index contributed by atoms with van der Waals surface area (Å²) < 4.78 is 7.30. The largest absolute Gasteiger partial charge is 0.497 e. The molecule has 5 rings (SSSR count). The molecule has 2 aliphatic rings. The van der Waals surface area contributed by atoms with Gasteiger partial charge in [-0.05, 0) is 36.5 Å². The van der Waals surface area contributed by atoms with Crippen molar-refractivity contribution in [2.75, 3.05) is 12.4 Å². The van der Waals surface area contributed by atoms with Gasteiger partial charge in [0.05, 0.1) is 12.8 Å². The van der Waals surface area contributed by atoms with E-state index in [0.717, 1.165) is 46.1 Å². The molecule has 1 N–H and O–H groups in total. The van der Waals surface area contributed by atoms with Crippen LogP contribution in [0.2, 0.25) is 0 Å². The van der Waals surface area contributed by atoms with Crippen LogP contribution in [0.3, 0.4) is 0 Å². The normalized spacial score (nSPS) is 19.5. The topological polar surface area (TPSA) is 56.1 Å². The van der Waals surface area contributed by atoms with E-state index in [-0.39, 0.29) is 17.2 Å². The van der Waals surface area contributed by atoms with E-state index >= 15 is 0 Å². The number of hydrogen-bond donors (Lipinski definition) is 1. The first kappa shape index (κ1) is 19.6. The lowest BCUT2D eigenvalue weighted by molar-refractivity contribution is -0.118. The molecule has 5 heteroatoms. The molecule has 0 spiro atoms. The second-order valence-corrected chi connectivity index (χ2v) is 9.36. The van der Waals surface area contributed by atoms with Gasteiger partial charge in [0.15, 0.2) is 5.78 Å². The van der Waals surface area contributed by atoms with Crippen molar-refractivity contribution >= 4 is 11.6 Å². The second-order valence-electron chi connectivity index (χ2n) is 9.36. The van der Waals surface area contributed by atoms with E-state index in [0.29, 0.717) is 6.42 Å². The van der Waals surface area contributed by atoms with Gasteiger partial charge in [-0.1, -0.05) is 55.8 Å². The van der Waals surface area contributed by atoms with Crippen LogP contribution in [-0.2, 0) is 4.79 Å². The summed E-state index contributed by atoms with van der Waals surface area (Å²) >= 11 is 0. The first-order valence-electron chi connectivity index (χ1n) is 10.7. The molecule has 0 saturated heterocycles. The monoisotopic (exact) mass is 413 g/mol. The van der Waals surface area contributed by atoms with Crippen LogP contribution in [0, 0.1) is 12.3 Å². The van der Waals surface area contributed by atoms with E-state index in [2.05, 4.69) is 56.4 Å². The van der Waals surface area contributed by atoms with Crippen molar-refractivity contribution in [3.63, 3.8) is 0 Å². The Bertz CT molecular complexity index is 1180. The number of benzene rings is 2. The molecule has 5 nitrogen and oxygen atoms in total. The summed E-state index contributed by atoms with van der Waals surface area (Å²) in [6, 6.07) is 18.2. The predicted octanol–water partition coefficient (Wildman–Crippen LogP) is 5.53. The summed E-state index contributed by atoms with van der Waals surface area (Å²) in [6.07, 6.45) is 1.38. The summed E-state index contributed by atoms with van der Waals surface area (Å²) in [5.41, 5.74) is 5.99. The molecule has 0 saturated carbocycles. The highest BCUT2D eigenvalue weighted by Gasteiger charge is 2.41. The molecule has 1 aliphatic carbocycles. The third-order valence-electron chi connectivity index (χ3n) is 6.23. The maximum Gasteiger partial charge on any atom is 0.163 e. The molecule has 1 aliphatic heterocycles. The van der Waals surface area contributed by atoms with Gasteiger partial charge < -0.3 is 10.1 Å². The number of anilines is 1. The Labute approximate surface area is 182 Å². The Balaban J connectivity index is 1.66. The first-order valence-corrected chi connectivity index (χ1v) is 10.7. The standard InChI is InChI=1S/C26H27N3O2/c1-16-5-7-17(8-6-16)20-13-23-27-21-14-26(2,3)15-22(30)24(21)25(29(23)28-20)18-9-11-19(31-4)12-10-18/h5-13,25,27H,14-15H2,1-4H3. The Hall–Kier alpha value is -3.34. The van der Waals surface area contributed by atoms with Gasteiger partial charge in [-0.25, -0.2) is 4.68 Å². The fourth-order valence-corrected chi connectivity index (χ4v) is 4.68. The quantitative estimate of drug-likeness (QED) is 0.614. The van der Waals surface area contributed by atoms with Crippen LogP contribution in [0.1, 0.15) is 43.9 Å². The fraction of sp³-hybridized carbons (Fsp3) is 0.308. The van der Waals surface area contributed by atoms with Gasteiger partial charge in [0.1, 0.15) is 17.6 Å². The van der Waals surface area contributed by atoms with Crippen LogP contribution in [0.4, 0.5) is 5.82 Å². The van der Waals surface area contributed by atoms with Crippen LogP contribution >= 0.6 is 0 Å². The van der Waals surface area contributed by atoms with Crippen LogP contribution in [-0.4, -0.2) is 22.7 Å². The number of fused-ring (bicyclic) bond motifs is 1. The number of rotatable bonds is 3. The van der Waals surface area contributed by atoms with Crippen molar-refractivity contribution in [2.45, 2.75) is 39.7 Å². The Kier molecular flexibility index (Phi) is 4.50. The number of ether oxygens (including phenoxy) is 1. The van der Waals surface area contributed by atoms with Crippen molar-refractivity contribution in [1.29, 1.82) is 0 Å². The number of carbonyl (C=O) groups is 1. The molecule has 1 unspecified atom stereocenters. The van der Waals surface area contributed by atoms with Crippen molar-refractivity contribution in [3.05, 3.63) is 77.0 Å². The van der Waals surface area contributed by atoms with Crippen LogP contribution < -0.4 is 10.1 Å². The van der Waals surface area contributed by atoms with Gasteiger partial charge in [0.2, 0.25) is 0 Å². The lowest BCUT2D eigenvalue weighted by atomic mass is 9.73. The lowest BCUT2D eigenvalue weighted by Gasteiger charge is -2.38. The van der Waals surface area contributed by atoms with E-state index < -0.39 is 0 Å². The number of ketones is 1. The van der Waals surface area contributed by atoms with Crippen LogP contribution in [0.15, 0.2) is 65.9 Å². The van der Waals surface area contributed by atoms with Gasteiger partial charge in [-0.3, -0.25) is 4.79 Å². The third kappa shape index (κ3) is 3.44. The molecule has 2 aromatic carbocycles. The highest BCUT2D eigenvalue weighted by molar-refractivity contribution is 6.00. The highest BCUT2D eigenvalue weighted by atomic mass is 16.5. The zero-order chi connectivity index (χ0) is 21.8. The highest BCUT2D eigenvalue weighted by Crippen LogP contribution is 2.46. The molecule has 3 aromatic rings. The van der Waals surface area contributed by atoms with Gasteiger partial charge in [0.25, 0.3) is 0 Å². The number of methoxy groups -OCH3 is 1. The zero-order valence-electron chi connectivity index (χ0n) is 18.4. The number of carbonyl (C=O) groups excluding carboxylic acids is 1. The Morgan fingerprint density at radius 2 is 1.77 bits per heavy atom. The number of hydrogen-bond acceptors (Lipinski definition) is 4. The number of aromatic nitrogens is 2. The van der Waals surface area contributed by atoms with E-state index in [4.69, 9.17) is 9.84 Å². The molecule has 1 atom stereocenters. The Morgan fingerprint density at radius 1 is 1.06 bits per heavy atom. The average Bonchev–Trinajstić information content (AvgIpc) is 3.15. The number of nitrogens with one attached hydrogen (secondary N) is 1. The summed E-state index contributed by atoms with van der Waals surface area (Å²) in [5.74, 6) is 1.90. The maximum absolute atomic E-state index is 13.3. The molecule has 158 valence electrons. The minimum Gasteiger partial charge on any atom is -0.497 e. The molecule has 31 heavy (non-hydrogen) atoms. The number of Topliss-reactive ketones (excluding diaryl/α,β-unsaturated/α-hetero) is 1. The van der Waals surface area contributed by atoms with Gasteiger partial charge in [-0.15, -0.1) is 0 Å². The zero-order valence-corrected chi connectivity index (χ0v) is 18.4. The first-order chi connectivity index (χ1) is 14.8. The van der Waals surface area contributed by atoms with E-state index in [9.17, 15) is 4.79 Å². The van der Waals surface area contributed by atoms with Gasteiger partial charge in [-0.2, -0.15) is 5.10 Å². The Morgan fingerprint density at radius 3 is 2.45 bits per heavy atom. The molecule has 0 amide bonds. The lowest BCUT2D eigenvalue weighted by Crippen LogP contribution is -2.36. The number of aryl methyl sites for hydroxylation is 1. The average molecular weight is 414 g/mol. The van der Waals surface area contributed by atoms with E-state index in [1.54, 1.807) is 7.11 Å². The minimum absolute atomic E-state index is 0.0602. The number of nitrogens with zero attached hydrogens (tertiary/aromatic N) is 2. The molecule has 0 radical (unpaired) electrons. The fourth-order valence-electron chi connectivity index (χ4n) is 4.68. The van der Waals surface area contributed by atoms with Gasteiger partial charge in [0, 0.05) is 29.3 Å². The van der Waals surface area contributed by atoms with Crippen molar-refractivity contribution < 1.29 is 9.53 Å². The van der Waals surface area contributed by atoms with Gasteiger partial charge >= 0.3 is 0 Å². The molecule has 0 fully saturated rings. The number of allylic oxidation sites excluding steroid dienone is 2. The molecule has 1 aromatic heterocycles. The predicted molar refractivity (Wildman–Crippen MR) is 122 cm³/mol. The van der Waals surface area contributed by atoms with E-state index in [1.807, 2.05) is 28.9 Å². The molecular formula is C26H27N3O2. The van der Waals surface area contributed by atoms with Crippen molar-refractivity contribution in [3.8, 4) is 17.0 Å². The second kappa shape index (κ2) is 7.12. The summed E-state index contributed by atoms with van der Waals surface area (Å²) in [5, 5.41) is 8.49. The summed E-state index contributed by atoms with van der Waals surface area (Å²) in [4.78, 5) is 13.3. The summed E-state index contributed by atoms with van der Waals surface area (Å²) in [6.45, 7) is 6.39. The van der Waals surface area contributed by atoms with Crippen LogP contribution in [0.25, 0.3) is 11.3 Å². The van der Waals surface area contributed by atoms with E-state index in [1.165, 1.54) is 5.56 Å². The SMILES string of the molecule is COc1ccc(C2C3=C(CC(C)(C)CC3=O)Nc3cc(-c4ccc(C)cc4)nn32)cc1. The third-order valence-corrected chi connectivity index (χ3v) is 6.23. The minimum atomic E-state index is -0.250. The van der Waals surface area contributed by atoms with Crippen molar-refractivity contribution in [2.24, 2.45) is 5.41 Å². The molecule has 0 bridgehead atoms. The maximum atomic E-state index is 13.3.